The first kappa shape index (κ1) is 24.2. The van der Waals surface area contributed by atoms with Crippen LogP contribution in [0, 0.1) is 17.2 Å². The molecule has 0 saturated heterocycles. The number of nitrogens with zero attached hydrogens (tertiary/aromatic N) is 1. The largest absolute Gasteiger partial charge is 0.465 e. The molecular formula is C27H33NO3S. The van der Waals surface area contributed by atoms with E-state index in [-0.39, 0.29) is 11.9 Å². The van der Waals surface area contributed by atoms with E-state index in [9.17, 15) is 15.2 Å². The summed E-state index contributed by atoms with van der Waals surface area (Å²) in [5.74, 6) is 0.254. The lowest BCUT2D eigenvalue weighted by Gasteiger charge is -2.22. The fourth-order valence-electron chi connectivity index (χ4n) is 4.59. The molecule has 0 saturated carbocycles. The first-order valence-corrected chi connectivity index (χ1v) is 12.4. The van der Waals surface area contributed by atoms with Gasteiger partial charge in [0.2, 0.25) is 0 Å². The summed E-state index contributed by atoms with van der Waals surface area (Å²) in [6, 6.07) is 14.5. The van der Waals surface area contributed by atoms with Gasteiger partial charge in [-0.05, 0) is 61.3 Å². The van der Waals surface area contributed by atoms with Crippen molar-refractivity contribution < 1.29 is 14.6 Å². The molecule has 3 atom stereocenters. The van der Waals surface area contributed by atoms with Crippen LogP contribution in [-0.4, -0.2) is 18.2 Å². The number of hydrogen-bond acceptors (Lipinski definition) is 5. The predicted octanol–water partition coefficient (Wildman–Crippen LogP) is 6.72. The molecule has 0 amide bonds. The van der Waals surface area contributed by atoms with Crippen LogP contribution in [0.3, 0.4) is 0 Å². The van der Waals surface area contributed by atoms with Crippen molar-refractivity contribution in [3.05, 3.63) is 68.9 Å². The Morgan fingerprint density at radius 1 is 1.22 bits per heavy atom. The molecule has 0 fully saturated rings. The molecule has 0 spiro atoms. The van der Waals surface area contributed by atoms with Crippen molar-refractivity contribution >= 4 is 17.3 Å². The molecule has 1 heterocycles. The molecule has 1 aromatic heterocycles. The van der Waals surface area contributed by atoms with Crippen LogP contribution in [0.25, 0.3) is 0 Å². The molecule has 1 aromatic carbocycles. The molecule has 3 rings (SSSR count). The van der Waals surface area contributed by atoms with E-state index in [1.54, 1.807) is 0 Å². The minimum atomic E-state index is -0.415. The Labute approximate surface area is 195 Å². The monoisotopic (exact) mass is 451 g/mol. The fraction of sp³-hybridized carbons (Fsp3) is 0.481. The van der Waals surface area contributed by atoms with E-state index in [4.69, 9.17) is 4.74 Å². The van der Waals surface area contributed by atoms with Gasteiger partial charge in [-0.3, -0.25) is 0 Å². The number of thiophene rings is 1. The minimum absolute atomic E-state index is 0.125. The third kappa shape index (κ3) is 6.09. The van der Waals surface area contributed by atoms with Crippen molar-refractivity contribution in [2.45, 2.75) is 70.3 Å². The number of aliphatic hydroxyl groups is 1. The summed E-state index contributed by atoms with van der Waals surface area (Å²) in [7, 11) is 1.40. The van der Waals surface area contributed by atoms with Gasteiger partial charge in [0.15, 0.2) is 0 Å². The SMILES string of the molecule is CCCCCC(O)c1ccc(C2C(C#N)=CC[C@@H]2CCCc2ccc(C(=O)OC)s2)cc1. The van der Waals surface area contributed by atoms with E-state index in [1.807, 2.05) is 24.3 Å². The molecule has 1 aliphatic carbocycles. The first-order chi connectivity index (χ1) is 15.6. The topological polar surface area (TPSA) is 70.3 Å². The number of benzene rings is 1. The van der Waals surface area contributed by atoms with E-state index in [2.05, 4.69) is 31.2 Å². The maximum absolute atomic E-state index is 11.6. The zero-order chi connectivity index (χ0) is 22.9. The van der Waals surface area contributed by atoms with Crippen LogP contribution in [0.2, 0.25) is 0 Å². The van der Waals surface area contributed by atoms with Gasteiger partial charge in [0, 0.05) is 16.4 Å². The van der Waals surface area contributed by atoms with E-state index < -0.39 is 6.10 Å². The number of carbonyl (C=O) groups is 1. The summed E-state index contributed by atoms with van der Waals surface area (Å²) in [5, 5.41) is 20.1. The molecule has 170 valence electrons. The fourth-order valence-corrected chi connectivity index (χ4v) is 5.56. The van der Waals surface area contributed by atoms with Crippen molar-refractivity contribution in [2.75, 3.05) is 7.11 Å². The molecule has 1 aliphatic rings. The second-order valence-corrected chi connectivity index (χ2v) is 9.74. The maximum atomic E-state index is 11.6. The van der Waals surface area contributed by atoms with Crippen LogP contribution < -0.4 is 0 Å². The average Bonchev–Trinajstić information content (AvgIpc) is 3.46. The van der Waals surface area contributed by atoms with E-state index in [0.29, 0.717) is 10.8 Å². The van der Waals surface area contributed by atoms with Gasteiger partial charge in [0.05, 0.1) is 19.3 Å². The average molecular weight is 452 g/mol. The third-order valence-electron chi connectivity index (χ3n) is 6.38. The van der Waals surface area contributed by atoms with Gasteiger partial charge in [0.1, 0.15) is 4.88 Å². The van der Waals surface area contributed by atoms with Crippen molar-refractivity contribution in [1.29, 1.82) is 5.26 Å². The number of allylic oxidation sites excluding steroid dienone is 2. The molecule has 0 radical (unpaired) electrons. The number of aryl methyl sites for hydroxylation is 1. The van der Waals surface area contributed by atoms with Crippen LogP contribution in [-0.2, 0) is 11.2 Å². The number of methoxy groups -OCH3 is 1. The molecular weight excluding hydrogens is 418 g/mol. The highest BCUT2D eigenvalue weighted by Gasteiger charge is 2.31. The van der Waals surface area contributed by atoms with Crippen molar-refractivity contribution in [2.24, 2.45) is 5.92 Å². The summed E-state index contributed by atoms with van der Waals surface area (Å²) < 4.78 is 4.79. The van der Waals surface area contributed by atoms with Crippen LogP contribution in [0.1, 0.15) is 89.6 Å². The number of carbonyl (C=O) groups excluding carboxylic acids is 1. The normalized spacial score (nSPS) is 18.8. The Bertz CT molecular complexity index is 954. The van der Waals surface area contributed by atoms with Crippen LogP contribution in [0.4, 0.5) is 0 Å². The summed E-state index contributed by atoms with van der Waals surface area (Å²) in [6.45, 7) is 2.17. The Hall–Kier alpha value is -2.42. The Morgan fingerprint density at radius 2 is 2.00 bits per heavy atom. The van der Waals surface area contributed by atoms with Crippen LogP contribution in [0.15, 0.2) is 48.0 Å². The lowest BCUT2D eigenvalue weighted by molar-refractivity contribution is 0.0606. The van der Waals surface area contributed by atoms with Gasteiger partial charge in [-0.15, -0.1) is 11.3 Å². The van der Waals surface area contributed by atoms with Gasteiger partial charge in [0.25, 0.3) is 0 Å². The molecule has 1 N–H and O–H groups in total. The van der Waals surface area contributed by atoms with E-state index in [0.717, 1.165) is 68.1 Å². The number of hydrogen-bond donors (Lipinski definition) is 1. The number of nitriles is 1. The first-order valence-electron chi connectivity index (χ1n) is 11.6. The second kappa shape index (κ2) is 12.0. The van der Waals surface area contributed by atoms with E-state index in [1.165, 1.54) is 23.3 Å². The van der Waals surface area contributed by atoms with Gasteiger partial charge >= 0.3 is 5.97 Å². The smallest absolute Gasteiger partial charge is 0.348 e. The van der Waals surface area contributed by atoms with E-state index >= 15 is 0 Å². The highest BCUT2D eigenvalue weighted by Crippen LogP contribution is 2.42. The summed E-state index contributed by atoms with van der Waals surface area (Å²) in [5.41, 5.74) is 2.98. The number of rotatable bonds is 11. The second-order valence-electron chi connectivity index (χ2n) is 8.57. The Balaban J connectivity index is 1.60. The van der Waals surface area contributed by atoms with Crippen molar-refractivity contribution in [3.63, 3.8) is 0 Å². The highest BCUT2D eigenvalue weighted by molar-refractivity contribution is 7.13. The van der Waals surface area contributed by atoms with Crippen molar-refractivity contribution in [3.8, 4) is 6.07 Å². The molecule has 4 nitrogen and oxygen atoms in total. The number of aliphatic hydroxyl groups excluding tert-OH is 1. The van der Waals surface area contributed by atoms with Gasteiger partial charge in [-0.1, -0.05) is 56.5 Å². The maximum Gasteiger partial charge on any atom is 0.348 e. The molecule has 2 unspecified atom stereocenters. The quantitative estimate of drug-likeness (QED) is 0.304. The van der Waals surface area contributed by atoms with Crippen LogP contribution in [0.5, 0.6) is 0 Å². The lowest BCUT2D eigenvalue weighted by atomic mass is 9.82. The minimum Gasteiger partial charge on any atom is -0.465 e. The van der Waals surface area contributed by atoms with Gasteiger partial charge < -0.3 is 9.84 Å². The summed E-state index contributed by atoms with van der Waals surface area (Å²) >= 11 is 1.50. The highest BCUT2D eigenvalue weighted by atomic mass is 32.1. The van der Waals surface area contributed by atoms with Gasteiger partial charge in [-0.2, -0.15) is 5.26 Å². The zero-order valence-corrected chi connectivity index (χ0v) is 19.9. The standard InChI is InChI=1S/C27H33NO3S/c1-3-4-5-9-24(29)19-10-12-21(13-11-19)26-20(14-15-22(26)18-28)7-6-8-23-16-17-25(32-23)27(30)31-2/h10-13,15-17,20,24,26,29H,3-9,14H2,1-2H3/t20-,24?,26?/m0/s1. The summed E-state index contributed by atoms with van der Waals surface area (Å²) in [4.78, 5) is 13.5. The molecule has 0 bridgehead atoms. The summed E-state index contributed by atoms with van der Waals surface area (Å²) in [6.07, 6.45) is 9.69. The molecule has 0 aliphatic heterocycles. The number of unbranched alkanes of at least 4 members (excludes halogenated alkanes) is 2. The van der Waals surface area contributed by atoms with Crippen LogP contribution >= 0.6 is 11.3 Å². The molecule has 2 aromatic rings. The lowest BCUT2D eigenvalue weighted by Crippen LogP contribution is -2.10. The zero-order valence-electron chi connectivity index (χ0n) is 19.0. The Kier molecular flexibility index (Phi) is 9.08. The van der Waals surface area contributed by atoms with Gasteiger partial charge in [-0.25, -0.2) is 4.79 Å². The van der Waals surface area contributed by atoms with Crippen molar-refractivity contribution in [1.82, 2.24) is 0 Å². The predicted molar refractivity (Wildman–Crippen MR) is 129 cm³/mol. The third-order valence-corrected chi connectivity index (χ3v) is 7.51. The molecule has 32 heavy (non-hydrogen) atoms. The number of ether oxygens (including phenoxy) is 1. The number of esters is 1. The Morgan fingerprint density at radius 3 is 2.69 bits per heavy atom. The molecule has 5 heteroatoms.